The summed E-state index contributed by atoms with van der Waals surface area (Å²) in [5.74, 6) is 1.21. The topological polar surface area (TPSA) is 55.1 Å². The van der Waals surface area contributed by atoms with Gasteiger partial charge in [0.15, 0.2) is 5.82 Å². The van der Waals surface area contributed by atoms with Gasteiger partial charge in [0.2, 0.25) is 5.91 Å². The van der Waals surface area contributed by atoms with Gasteiger partial charge in [-0.05, 0) is 25.3 Å². The predicted molar refractivity (Wildman–Crippen MR) is 76.5 cm³/mol. The third kappa shape index (κ3) is 2.22. The Morgan fingerprint density at radius 3 is 2.55 bits per heavy atom. The molecule has 104 valence electrons. The van der Waals surface area contributed by atoms with Crippen LogP contribution in [0.2, 0.25) is 0 Å². The van der Waals surface area contributed by atoms with Crippen LogP contribution in [0.3, 0.4) is 0 Å². The van der Waals surface area contributed by atoms with Gasteiger partial charge in [-0.1, -0.05) is 48.3 Å². The maximum atomic E-state index is 12.8. The molecule has 1 fully saturated rings. The van der Waals surface area contributed by atoms with Crippen LogP contribution in [0.25, 0.3) is 0 Å². The van der Waals surface area contributed by atoms with Crippen molar-refractivity contribution in [2.24, 2.45) is 0 Å². The summed E-state index contributed by atoms with van der Waals surface area (Å²) in [5, 5.41) is 6.75. The van der Waals surface area contributed by atoms with Crippen LogP contribution in [0.15, 0.2) is 40.9 Å². The van der Waals surface area contributed by atoms with Gasteiger partial charge in [-0.15, -0.1) is 0 Å². The van der Waals surface area contributed by atoms with Gasteiger partial charge in [0.05, 0.1) is 5.41 Å². The zero-order valence-corrected chi connectivity index (χ0v) is 11.6. The van der Waals surface area contributed by atoms with Crippen molar-refractivity contribution in [1.82, 2.24) is 5.16 Å². The van der Waals surface area contributed by atoms with Gasteiger partial charge in [-0.25, -0.2) is 0 Å². The van der Waals surface area contributed by atoms with Crippen LogP contribution < -0.4 is 5.32 Å². The monoisotopic (exact) mass is 270 g/mol. The van der Waals surface area contributed by atoms with Crippen molar-refractivity contribution in [3.8, 4) is 0 Å². The SMILES string of the molecule is Cc1cc(NC(=O)C2(c3ccccc3)CCCC2)no1. The Balaban J connectivity index is 1.89. The highest BCUT2D eigenvalue weighted by Crippen LogP contribution is 2.41. The van der Waals surface area contributed by atoms with E-state index in [1.54, 1.807) is 6.07 Å². The fourth-order valence-corrected chi connectivity index (χ4v) is 3.04. The molecule has 4 nitrogen and oxygen atoms in total. The molecule has 2 aromatic rings. The first-order valence-electron chi connectivity index (χ1n) is 7.01. The number of carbonyl (C=O) groups is 1. The van der Waals surface area contributed by atoms with E-state index in [2.05, 4.69) is 10.5 Å². The Hall–Kier alpha value is -2.10. The molecule has 1 aliphatic rings. The fourth-order valence-electron chi connectivity index (χ4n) is 3.04. The Morgan fingerprint density at radius 1 is 1.25 bits per heavy atom. The van der Waals surface area contributed by atoms with Crippen molar-refractivity contribution in [2.45, 2.75) is 38.0 Å². The van der Waals surface area contributed by atoms with Crippen molar-refractivity contribution in [2.75, 3.05) is 5.32 Å². The van der Waals surface area contributed by atoms with E-state index < -0.39 is 5.41 Å². The van der Waals surface area contributed by atoms with Gasteiger partial charge in [-0.3, -0.25) is 4.79 Å². The van der Waals surface area contributed by atoms with Crippen LogP contribution in [0.1, 0.15) is 37.0 Å². The standard InChI is InChI=1S/C16H18N2O2/c1-12-11-14(18-20-12)17-15(19)16(9-5-6-10-16)13-7-3-2-4-8-13/h2-4,7-8,11H,5-6,9-10H2,1H3,(H,17,18,19). The maximum Gasteiger partial charge on any atom is 0.236 e. The van der Waals surface area contributed by atoms with Gasteiger partial charge < -0.3 is 9.84 Å². The van der Waals surface area contributed by atoms with E-state index in [0.717, 1.165) is 31.2 Å². The largest absolute Gasteiger partial charge is 0.360 e. The Bertz CT molecular complexity index is 598. The average molecular weight is 270 g/mol. The number of rotatable bonds is 3. The van der Waals surface area contributed by atoms with E-state index in [0.29, 0.717) is 11.6 Å². The molecule has 3 rings (SSSR count). The van der Waals surface area contributed by atoms with Crippen molar-refractivity contribution in [1.29, 1.82) is 0 Å². The summed E-state index contributed by atoms with van der Waals surface area (Å²) in [4.78, 5) is 12.8. The molecule has 1 heterocycles. The molecule has 1 aliphatic carbocycles. The summed E-state index contributed by atoms with van der Waals surface area (Å²) < 4.78 is 5.00. The molecule has 0 saturated heterocycles. The minimum atomic E-state index is -0.423. The first-order chi connectivity index (χ1) is 9.71. The first kappa shape index (κ1) is 12.9. The number of carbonyl (C=O) groups excluding carboxylic acids is 1. The highest BCUT2D eigenvalue weighted by atomic mass is 16.5. The molecule has 20 heavy (non-hydrogen) atoms. The second-order valence-electron chi connectivity index (χ2n) is 5.43. The third-order valence-corrected chi connectivity index (χ3v) is 4.09. The molecule has 1 aromatic heterocycles. The zero-order chi connectivity index (χ0) is 14.0. The van der Waals surface area contributed by atoms with Gasteiger partial charge in [-0.2, -0.15) is 0 Å². The molecule has 1 aromatic carbocycles. The highest BCUT2D eigenvalue weighted by Gasteiger charge is 2.42. The summed E-state index contributed by atoms with van der Waals surface area (Å²) >= 11 is 0. The second kappa shape index (κ2) is 5.12. The molecule has 1 N–H and O–H groups in total. The summed E-state index contributed by atoms with van der Waals surface area (Å²) in [6.45, 7) is 1.81. The predicted octanol–water partition coefficient (Wildman–Crippen LogP) is 3.43. The molecule has 0 spiro atoms. The molecule has 0 atom stereocenters. The van der Waals surface area contributed by atoms with Crippen molar-refractivity contribution in [3.63, 3.8) is 0 Å². The molecular weight excluding hydrogens is 252 g/mol. The van der Waals surface area contributed by atoms with E-state index >= 15 is 0 Å². The highest BCUT2D eigenvalue weighted by molar-refractivity contribution is 5.98. The third-order valence-electron chi connectivity index (χ3n) is 4.09. The van der Waals surface area contributed by atoms with Gasteiger partial charge in [0.1, 0.15) is 5.76 Å². The summed E-state index contributed by atoms with van der Waals surface area (Å²) in [5.41, 5.74) is 0.670. The van der Waals surface area contributed by atoms with Crippen molar-refractivity contribution >= 4 is 11.7 Å². The number of nitrogens with zero attached hydrogens (tertiary/aromatic N) is 1. The number of hydrogen-bond donors (Lipinski definition) is 1. The van der Waals surface area contributed by atoms with E-state index in [-0.39, 0.29) is 5.91 Å². The Morgan fingerprint density at radius 2 is 1.95 bits per heavy atom. The minimum Gasteiger partial charge on any atom is -0.360 e. The Kier molecular flexibility index (Phi) is 3.30. The summed E-state index contributed by atoms with van der Waals surface area (Å²) in [7, 11) is 0. The number of aromatic nitrogens is 1. The number of aryl methyl sites for hydroxylation is 1. The molecule has 4 heteroatoms. The molecule has 0 aliphatic heterocycles. The van der Waals surface area contributed by atoms with Gasteiger partial charge in [0, 0.05) is 6.07 Å². The van der Waals surface area contributed by atoms with Gasteiger partial charge in [0.25, 0.3) is 0 Å². The zero-order valence-electron chi connectivity index (χ0n) is 11.6. The number of benzene rings is 1. The molecule has 0 unspecified atom stereocenters. The number of hydrogen-bond acceptors (Lipinski definition) is 3. The van der Waals surface area contributed by atoms with Crippen LogP contribution in [0, 0.1) is 6.92 Å². The van der Waals surface area contributed by atoms with Crippen molar-refractivity contribution < 1.29 is 9.32 Å². The first-order valence-corrected chi connectivity index (χ1v) is 7.01. The van der Waals surface area contributed by atoms with Crippen LogP contribution in [-0.2, 0) is 10.2 Å². The molecule has 1 saturated carbocycles. The smallest absolute Gasteiger partial charge is 0.236 e. The van der Waals surface area contributed by atoms with Crippen molar-refractivity contribution in [3.05, 3.63) is 47.7 Å². The molecule has 0 radical (unpaired) electrons. The Labute approximate surface area is 118 Å². The summed E-state index contributed by atoms with van der Waals surface area (Å²) in [6, 6.07) is 11.8. The van der Waals surface area contributed by atoms with Crippen LogP contribution in [0.4, 0.5) is 5.82 Å². The van der Waals surface area contributed by atoms with E-state index in [1.807, 2.05) is 37.3 Å². The lowest BCUT2D eigenvalue weighted by molar-refractivity contribution is -0.121. The lowest BCUT2D eigenvalue weighted by atomic mass is 9.78. The molecule has 0 bridgehead atoms. The average Bonchev–Trinajstić information content (AvgIpc) is 3.10. The molecule has 1 amide bonds. The maximum absolute atomic E-state index is 12.8. The van der Waals surface area contributed by atoms with Crippen LogP contribution >= 0.6 is 0 Å². The van der Waals surface area contributed by atoms with Gasteiger partial charge >= 0.3 is 0 Å². The number of anilines is 1. The van der Waals surface area contributed by atoms with Crippen LogP contribution in [-0.4, -0.2) is 11.1 Å². The van der Waals surface area contributed by atoms with E-state index in [4.69, 9.17) is 4.52 Å². The number of nitrogens with one attached hydrogen (secondary N) is 1. The normalized spacial score (nSPS) is 17.1. The fraction of sp³-hybridized carbons (Fsp3) is 0.375. The summed E-state index contributed by atoms with van der Waals surface area (Å²) in [6.07, 6.45) is 3.94. The second-order valence-corrected chi connectivity index (χ2v) is 5.43. The lowest BCUT2D eigenvalue weighted by Crippen LogP contribution is -2.38. The molecular formula is C16H18N2O2. The quantitative estimate of drug-likeness (QED) is 0.929. The minimum absolute atomic E-state index is 0.0227. The van der Waals surface area contributed by atoms with E-state index in [1.165, 1.54) is 0 Å². The lowest BCUT2D eigenvalue weighted by Gasteiger charge is -2.27. The van der Waals surface area contributed by atoms with E-state index in [9.17, 15) is 4.79 Å². The van der Waals surface area contributed by atoms with Crippen LogP contribution in [0.5, 0.6) is 0 Å². The number of amides is 1.